The minimum absolute atomic E-state index is 0.0182. The van der Waals surface area contributed by atoms with Crippen molar-refractivity contribution in [3.63, 3.8) is 0 Å². The van der Waals surface area contributed by atoms with Gasteiger partial charge in [0.2, 0.25) is 12.7 Å². The first-order valence-electron chi connectivity index (χ1n) is 15.3. The minimum atomic E-state index is -0.387. The molecule has 3 aromatic carbocycles. The summed E-state index contributed by atoms with van der Waals surface area (Å²) in [6, 6.07) is 18.8. The first-order chi connectivity index (χ1) is 21.7. The molecule has 0 aliphatic carbocycles. The molecule has 3 atom stereocenters. The normalized spacial score (nSPS) is 18.4. The third-order valence-electron chi connectivity index (χ3n) is 8.66. The molecule has 0 fully saturated rings. The van der Waals surface area contributed by atoms with Crippen LogP contribution in [0.1, 0.15) is 35.3 Å². The van der Waals surface area contributed by atoms with E-state index in [9.17, 15) is 14.7 Å². The molecule has 6 rings (SSSR count). The second-order valence-electron chi connectivity index (χ2n) is 12.2. The molecule has 2 aliphatic rings. The highest BCUT2D eigenvalue weighted by molar-refractivity contribution is 6.00. The highest BCUT2D eigenvalue weighted by atomic mass is 16.7. The average Bonchev–Trinajstić information content (AvgIpc) is 3.62. The quantitative estimate of drug-likeness (QED) is 0.288. The van der Waals surface area contributed by atoms with Crippen molar-refractivity contribution in [2.75, 3.05) is 38.9 Å². The molecule has 1 aromatic heterocycles. The summed E-state index contributed by atoms with van der Waals surface area (Å²) in [6.07, 6.45) is 1.93. The number of para-hydroxylation sites is 1. The molecular formula is C35H40N4O6. The van der Waals surface area contributed by atoms with E-state index >= 15 is 0 Å². The van der Waals surface area contributed by atoms with Crippen molar-refractivity contribution in [1.82, 2.24) is 14.4 Å². The summed E-state index contributed by atoms with van der Waals surface area (Å²) >= 11 is 0. The fourth-order valence-electron chi connectivity index (χ4n) is 6.19. The Morgan fingerprint density at radius 3 is 2.69 bits per heavy atom. The van der Waals surface area contributed by atoms with E-state index in [0.29, 0.717) is 36.6 Å². The van der Waals surface area contributed by atoms with Gasteiger partial charge in [-0.2, -0.15) is 0 Å². The van der Waals surface area contributed by atoms with Gasteiger partial charge in [0.05, 0.1) is 24.6 Å². The average molecular weight is 613 g/mol. The van der Waals surface area contributed by atoms with Gasteiger partial charge in [-0.25, -0.2) is 0 Å². The van der Waals surface area contributed by atoms with Crippen LogP contribution in [0.5, 0.6) is 17.2 Å². The number of hydrogen-bond donors (Lipinski definition) is 2. The van der Waals surface area contributed by atoms with Gasteiger partial charge in [-0.3, -0.25) is 14.5 Å². The number of nitrogens with zero attached hydrogens (tertiary/aromatic N) is 3. The lowest BCUT2D eigenvalue weighted by atomic mass is 9.99. The molecule has 0 radical (unpaired) electrons. The number of amides is 2. The number of aliphatic hydroxyl groups excluding tert-OH is 1. The molecule has 0 saturated carbocycles. The molecule has 2 amide bonds. The molecule has 0 unspecified atom stereocenters. The number of anilines is 1. The van der Waals surface area contributed by atoms with E-state index in [1.807, 2.05) is 74.2 Å². The monoisotopic (exact) mass is 612 g/mol. The Bertz CT molecular complexity index is 1720. The SMILES string of the molecule is C[C@H](CO)N1C[C@H](C)[C@H](CN(C)Cc2ccc3c(c2)OCO3)Oc2ccc(NC(=O)Cc3cn(C)c4ccccc34)cc2C1=O. The second-order valence-corrected chi connectivity index (χ2v) is 12.2. The summed E-state index contributed by atoms with van der Waals surface area (Å²) in [5.41, 5.74) is 3.95. The number of aromatic nitrogens is 1. The van der Waals surface area contributed by atoms with E-state index in [0.717, 1.165) is 33.5 Å². The number of aryl methyl sites for hydroxylation is 1. The van der Waals surface area contributed by atoms with Crippen molar-refractivity contribution in [3.8, 4) is 17.2 Å². The molecule has 0 spiro atoms. The van der Waals surface area contributed by atoms with E-state index in [1.54, 1.807) is 23.1 Å². The predicted molar refractivity (Wildman–Crippen MR) is 172 cm³/mol. The standard InChI is InChI=1S/C35H40N4O6/c1-22-16-39(23(2)20-40)35(42)28-15-26(36-34(41)14-25-18-38(4)29-8-6-5-7-27(25)29)10-12-30(28)45-33(22)19-37(3)17-24-9-11-31-32(13-24)44-21-43-31/h5-13,15,18,22-23,33,40H,14,16-17,19-21H2,1-4H3,(H,36,41)/t22-,23+,33-/m0/s1. The van der Waals surface area contributed by atoms with Crippen LogP contribution in [0.25, 0.3) is 10.9 Å². The van der Waals surface area contributed by atoms with E-state index in [-0.39, 0.29) is 49.7 Å². The number of hydrogen-bond acceptors (Lipinski definition) is 7. The van der Waals surface area contributed by atoms with Crippen LogP contribution in [0, 0.1) is 5.92 Å². The summed E-state index contributed by atoms with van der Waals surface area (Å²) < 4.78 is 19.6. The number of carbonyl (C=O) groups is 2. The highest BCUT2D eigenvalue weighted by Crippen LogP contribution is 2.34. The first-order valence-corrected chi connectivity index (χ1v) is 15.3. The largest absolute Gasteiger partial charge is 0.488 e. The van der Waals surface area contributed by atoms with Crippen LogP contribution in [-0.4, -0.2) is 77.0 Å². The Morgan fingerprint density at radius 1 is 1.09 bits per heavy atom. The van der Waals surface area contributed by atoms with E-state index < -0.39 is 0 Å². The van der Waals surface area contributed by atoms with Crippen molar-refractivity contribution in [2.45, 2.75) is 39.0 Å². The van der Waals surface area contributed by atoms with Crippen molar-refractivity contribution in [2.24, 2.45) is 13.0 Å². The second kappa shape index (κ2) is 12.8. The van der Waals surface area contributed by atoms with Crippen LogP contribution in [0.2, 0.25) is 0 Å². The zero-order chi connectivity index (χ0) is 31.7. The Hall–Kier alpha value is -4.54. The fourth-order valence-corrected chi connectivity index (χ4v) is 6.19. The third kappa shape index (κ3) is 6.48. The number of rotatable bonds is 9. The molecule has 10 heteroatoms. The van der Waals surface area contributed by atoms with Gasteiger partial charge in [-0.05, 0) is 61.5 Å². The Kier molecular flexibility index (Phi) is 8.69. The topological polar surface area (TPSA) is 106 Å². The van der Waals surface area contributed by atoms with Gasteiger partial charge >= 0.3 is 0 Å². The molecule has 0 bridgehead atoms. The van der Waals surface area contributed by atoms with Gasteiger partial charge in [0.1, 0.15) is 11.9 Å². The van der Waals surface area contributed by atoms with Crippen LogP contribution in [0.15, 0.2) is 66.9 Å². The molecule has 2 N–H and O–H groups in total. The summed E-state index contributed by atoms with van der Waals surface area (Å²) in [7, 11) is 4.00. The number of nitrogens with one attached hydrogen (secondary N) is 1. The van der Waals surface area contributed by atoms with Crippen LogP contribution in [0.4, 0.5) is 5.69 Å². The van der Waals surface area contributed by atoms with E-state index in [2.05, 4.69) is 17.1 Å². The third-order valence-corrected chi connectivity index (χ3v) is 8.66. The van der Waals surface area contributed by atoms with Gasteiger partial charge in [-0.15, -0.1) is 0 Å². The van der Waals surface area contributed by atoms with Gasteiger partial charge < -0.3 is 34.1 Å². The van der Waals surface area contributed by atoms with Crippen LogP contribution in [0.3, 0.4) is 0 Å². The number of aliphatic hydroxyl groups is 1. The smallest absolute Gasteiger partial charge is 0.258 e. The van der Waals surface area contributed by atoms with Crippen molar-refractivity contribution >= 4 is 28.4 Å². The van der Waals surface area contributed by atoms with Crippen LogP contribution >= 0.6 is 0 Å². The summed E-state index contributed by atoms with van der Waals surface area (Å²) in [4.78, 5) is 30.9. The first kappa shape index (κ1) is 30.5. The maximum atomic E-state index is 13.9. The molecule has 2 aliphatic heterocycles. The zero-order valence-corrected chi connectivity index (χ0v) is 26.2. The lowest BCUT2D eigenvalue weighted by Crippen LogP contribution is -2.49. The fraction of sp³-hybridized carbons (Fsp3) is 0.371. The molecular weight excluding hydrogens is 572 g/mol. The number of fused-ring (bicyclic) bond motifs is 3. The van der Waals surface area contributed by atoms with Crippen LogP contribution in [-0.2, 0) is 24.8 Å². The molecule has 10 nitrogen and oxygen atoms in total. The predicted octanol–water partition coefficient (Wildman–Crippen LogP) is 4.44. The van der Waals surface area contributed by atoms with Gasteiger partial charge in [-0.1, -0.05) is 31.2 Å². The van der Waals surface area contributed by atoms with Crippen molar-refractivity contribution in [3.05, 3.63) is 83.6 Å². The summed E-state index contributed by atoms with van der Waals surface area (Å²) in [6.45, 7) is 5.67. The van der Waals surface area contributed by atoms with E-state index in [1.165, 1.54) is 0 Å². The number of likely N-dealkylation sites (N-methyl/N-ethyl adjacent to an activating group) is 1. The minimum Gasteiger partial charge on any atom is -0.488 e. The maximum absolute atomic E-state index is 13.9. The van der Waals surface area contributed by atoms with Gasteiger partial charge in [0.15, 0.2) is 11.5 Å². The number of carbonyl (C=O) groups excluding carboxylic acids is 2. The molecule has 236 valence electrons. The Morgan fingerprint density at radius 2 is 1.87 bits per heavy atom. The summed E-state index contributed by atoms with van der Waals surface area (Å²) in [5.74, 6) is 1.52. The number of benzene rings is 3. The Balaban J connectivity index is 1.21. The molecule has 0 saturated heterocycles. The summed E-state index contributed by atoms with van der Waals surface area (Å²) in [5, 5.41) is 14.0. The molecule has 45 heavy (non-hydrogen) atoms. The number of ether oxygens (including phenoxy) is 3. The van der Waals surface area contributed by atoms with Crippen molar-refractivity contribution in [1.29, 1.82) is 0 Å². The van der Waals surface area contributed by atoms with Crippen LogP contribution < -0.4 is 19.5 Å². The highest BCUT2D eigenvalue weighted by Gasteiger charge is 2.33. The molecule has 3 heterocycles. The zero-order valence-electron chi connectivity index (χ0n) is 26.2. The van der Waals surface area contributed by atoms with Gasteiger partial charge in [0.25, 0.3) is 5.91 Å². The van der Waals surface area contributed by atoms with E-state index in [4.69, 9.17) is 14.2 Å². The lowest BCUT2D eigenvalue weighted by molar-refractivity contribution is -0.115. The Labute approximate surface area is 263 Å². The van der Waals surface area contributed by atoms with Gasteiger partial charge in [0, 0.05) is 55.4 Å². The maximum Gasteiger partial charge on any atom is 0.258 e. The van der Waals surface area contributed by atoms with Crippen molar-refractivity contribution < 1.29 is 28.9 Å². The lowest BCUT2D eigenvalue weighted by Gasteiger charge is -2.38. The molecule has 4 aromatic rings.